The highest BCUT2D eigenvalue weighted by Gasteiger charge is 2.17. The largest absolute Gasteiger partial charge is 0.478 e. The van der Waals surface area contributed by atoms with Crippen LogP contribution in [0.5, 0.6) is 0 Å². The smallest absolute Gasteiger partial charge is 0.339 e. The summed E-state index contributed by atoms with van der Waals surface area (Å²) >= 11 is 3.26. The summed E-state index contributed by atoms with van der Waals surface area (Å²) in [5.41, 5.74) is 1.33. The van der Waals surface area contributed by atoms with Crippen LogP contribution >= 0.6 is 15.9 Å². The van der Waals surface area contributed by atoms with E-state index in [2.05, 4.69) is 20.9 Å². The number of rotatable bonds is 5. The molecule has 0 radical (unpaired) electrons. The van der Waals surface area contributed by atoms with Crippen LogP contribution in [0.1, 0.15) is 22.8 Å². The van der Waals surface area contributed by atoms with Gasteiger partial charge in [0.2, 0.25) is 0 Å². The van der Waals surface area contributed by atoms with Gasteiger partial charge in [-0.3, -0.25) is 0 Å². The van der Waals surface area contributed by atoms with Crippen molar-refractivity contribution in [3.8, 4) is 0 Å². The summed E-state index contributed by atoms with van der Waals surface area (Å²) in [5, 5.41) is 9.31. The zero-order chi connectivity index (χ0) is 14.5. The van der Waals surface area contributed by atoms with Gasteiger partial charge in [-0.1, -0.05) is 30.3 Å². The Morgan fingerprint density at radius 2 is 2.05 bits per heavy atom. The number of aromatic nitrogens is 1. The molecule has 0 saturated heterocycles. The predicted octanol–water partition coefficient (Wildman–Crippen LogP) is 3.57. The standard InChI is InChI=1S/C15H15BrN2O2/c1-2-18(10-11-6-4-3-5-7-11)14-13(15(19)20)8-12(16)9-17-14/h3-9H,2,10H2,1H3,(H,19,20). The van der Waals surface area contributed by atoms with Crippen LogP contribution in [0.15, 0.2) is 47.1 Å². The number of carbonyl (C=O) groups is 1. The molecule has 0 atom stereocenters. The lowest BCUT2D eigenvalue weighted by Gasteiger charge is -2.23. The molecule has 0 bridgehead atoms. The van der Waals surface area contributed by atoms with Crippen molar-refractivity contribution >= 4 is 27.7 Å². The molecule has 0 amide bonds. The van der Waals surface area contributed by atoms with E-state index in [1.54, 1.807) is 12.3 Å². The molecule has 4 nitrogen and oxygen atoms in total. The minimum Gasteiger partial charge on any atom is -0.478 e. The van der Waals surface area contributed by atoms with E-state index in [-0.39, 0.29) is 5.56 Å². The van der Waals surface area contributed by atoms with E-state index in [1.165, 1.54) is 0 Å². The van der Waals surface area contributed by atoms with Crippen molar-refractivity contribution < 1.29 is 9.90 Å². The highest BCUT2D eigenvalue weighted by molar-refractivity contribution is 9.10. The van der Waals surface area contributed by atoms with Crippen molar-refractivity contribution in [2.45, 2.75) is 13.5 Å². The van der Waals surface area contributed by atoms with Crippen LogP contribution in [0.3, 0.4) is 0 Å². The third-order valence-electron chi connectivity index (χ3n) is 2.96. The molecule has 0 spiro atoms. The molecule has 104 valence electrons. The molecule has 0 unspecified atom stereocenters. The quantitative estimate of drug-likeness (QED) is 0.908. The van der Waals surface area contributed by atoms with Gasteiger partial charge in [0.1, 0.15) is 11.4 Å². The first-order valence-corrected chi connectivity index (χ1v) is 7.08. The lowest BCUT2D eigenvalue weighted by molar-refractivity contribution is 0.0697. The third-order valence-corrected chi connectivity index (χ3v) is 3.39. The topological polar surface area (TPSA) is 53.4 Å². The van der Waals surface area contributed by atoms with Crippen LogP contribution in [-0.2, 0) is 6.54 Å². The maximum Gasteiger partial charge on any atom is 0.339 e. The molecule has 20 heavy (non-hydrogen) atoms. The Hall–Kier alpha value is -1.88. The number of carboxylic acids is 1. The van der Waals surface area contributed by atoms with Crippen molar-refractivity contribution in [1.82, 2.24) is 4.98 Å². The predicted molar refractivity (Wildman–Crippen MR) is 82.1 cm³/mol. The van der Waals surface area contributed by atoms with Gasteiger partial charge in [0.25, 0.3) is 0 Å². The maximum atomic E-state index is 11.4. The fourth-order valence-corrected chi connectivity index (χ4v) is 2.31. The van der Waals surface area contributed by atoms with E-state index >= 15 is 0 Å². The Balaban J connectivity index is 2.34. The zero-order valence-electron chi connectivity index (χ0n) is 11.1. The summed E-state index contributed by atoms with van der Waals surface area (Å²) in [6.45, 7) is 3.30. The number of benzene rings is 1. The third kappa shape index (κ3) is 3.36. The summed E-state index contributed by atoms with van der Waals surface area (Å²) in [6.07, 6.45) is 1.62. The van der Waals surface area contributed by atoms with Crippen molar-refractivity contribution in [3.05, 3.63) is 58.2 Å². The normalized spacial score (nSPS) is 10.3. The molecule has 5 heteroatoms. The number of aromatic carboxylic acids is 1. The number of nitrogens with zero attached hydrogens (tertiary/aromatic N) is 2. The Morgan fingerprint density at radius 3 is 2.65 bits per heavy atom. The van der Waals surface area contributed by atoms with Gasteiger partial charge >= 0.3 is 5.97 Å². The fraction of sp³-hybridized carbons (Fsp3) is 0.200. The molecule has 0 saturated carbocycles. The van der Waals surface area contributed by atoms with Gasteiger partial charge in [0.15, 0.2) is 0 Å². The highest BCUT2D eigenvalue weighted by atomic mass is 79.9. The van der Waals surface area contributed by atoms with E-state index in [0.29, 0.717) is 23.4 Å². The zero-order valence-corrected chi connectivity index (χ0v) is 12.7. The summed E-state index contributed by atoms with van der Waals surface area (Å²) in [7, 11) is 0. The number of hydrogen-bond acceptors (Lipinski definition) is 3. The number of carboxylic acid groups (broad SMARTS) is 1. The second-order valence-electron chi connectivity index (χ2n) is 4.33. The van der Waals surface area contributed by atoms with E-state index in [4.69, 9.17) is 0 Å². The van der Waals surface area contributed by atoms with Gasteiger partial charge in [0, 0.05) is 23.8 Å². The summed E-state index contributed by atoms with van der Waals surface area (Å²) < 4.78 is 0.661. The van der Waals surface area contributed by atoms with Gasteiger partial charge in [-0.15, -0.1) is 0 Å². The number of halogens is 1. The lowest BCUT2D eigenvalue weighted by Crippen LogP contribution is -2.25. The van der Waals surface area contributed by atoms with Gasteiger partial charge in [-0.2, -0.15) is 0 Å². The van der Waals surface area contributed by atoms with Crippen LogP contribution in [-0.4, -0.2) is 22.6 Å². The minimum atomic E-state index is -0.972. The molecule has 1 aromatic carbocycles. The van der Waals surface area contributed by atoms with Gasteiger partial charge in [0.05, 0.1) is 0 Å². The van der Waals surface area contributed by atoms with Crippen molar-refractivity contribution in [1.29, 1.82) is 0 Å². The van der Waals surface area contributed by atoms with Crippen LogP contribution in [0.2, 0.25) is 0 Å². The monoisotopic (exact) mass is 334 g/mol. The minimum absolute atomic E-state index is 0.206. The van der Waals surface area contributed by atoms with Gasteiger partial charge < -0.3 is 10.0 Å². The summed E-state index contributed by atoms with van der Waals surface area (Å²) in [5.74, 6) is -0.479. The molecule has 2 aromatic rings. The van der Waals surface area contributed by atoms with E-state index in [9.17, 15) is 9.90 Å². The molecular formula is C15H15BrN2O2. The summed E-state index contributed by atoms with van der Waals surface area (Å²) in [6, 6.07) is 11.5. The van der Waals surface area contributed by atoms with Crippen molar-refractivity contribution in [3.63, 3.8) is 0 Å². The van der Waals surface area contributed by atoms with Crippen LogP contribution in [0.4, 0.5) is 5.82 Å². The Labute approximate surface area is 126 Å². The Bertz CT molecular complexity index is 602. The average Bonchev–Trinajstić information content (AvgIpc) is 2.46. The van der Waals surface area contributed by atoms with E-state index < -0.39 is 5.97 Å². The van der Waals surface area contributed by atoms with Gasteiger partial charge in [-0.05, 0) is 34.5 Å². The fourth-order valence-electron chi connectivity index (χ4n) is 1.98. The molecule has 1 aromatic heterocycles. The Kier molecular flexibility index (Phi) is 4.74. The molecule has 0 aliphatic rings. The average molecular weight is 335 g/mol. The van der Waals surface area contributed by atoms with Gasteiger partial charge in [-0.25, -0.2) is 9.78 Å². The van der Waals surface area contributed by atoms with Crippen molar-refractivity contribution in [2.24, 2.45) is 0 Å². The van der Waals surface area contributed by atoms with Crippen LogP contribution in [0, 0.1) is 0 Å². The maximum absolute atomic E-state index is 11.4. The first-order chi connectivity index (χ1) is 9.61. The molecule has 0 fully saturated rings. The highest BCUT2D eigenvalue weighted by Crippen LogP contribution is 2.23. The molecule has 0 aliphatic carbocycles. The molecule has 1 N–H and O–H groups in total. The molecule has 0 aliphatic heterocycles. The number of anilines is 1. The van der Waals surface area contributed by atoms with Crippen molar-refractivity contribution in [2.75, 3.05) is 11.4 Å². The Morgan fingerprint density at radius 1 is 1.35 bits per heavy atom. The SMILES string of the molecule is CCN(Cc1ccccc1)c1ncc(Br)cc1C(=O)O. The second-order valence-corrected chi connectivity index (χ2v) is 5.25. The summed E-state index contributed by atoms with van der Waals surface area (Å²) in [4.78, 5) is 17.6. The molecule has 2 rings (SSSR count). The number of hydrogen-bond donors (Lipinski definition) is 1. The first kappa shape index (κ1) is 14.5. The van der Waals surface area contributed by atoms with Crippen LogP contribution in [0.25, 0.3) is 0 Å². The molecule has 1 heterocycles. The van der Waals surface area contributed by atoms with E-state index in [0.717, 1.165) is 5.56 Å². The number of pyridine rings is 1. The molecular weight excluding hydrogens is 320 g/mol. The van der Waals surface area contributed by atoms with E-state index in [1.807, 2.05) is 42.2 Å². The lowest BCUT2D eigenvalue weighted by atomic mass is 10.2. The van der Waals surface area contributed by atoms with Crippen LogP contribution < -0.4 is 4.90 Å². The second kappa shape index (κ2) is 6.52. The first-order valence-electron chi connectivity index (χ1n) is 6.29.